The summed E-state index contributed by atoms with van der Waals surface area (Å²) in [6.45, 7) is 20.4. The average Bonchev–Trinajstić information content (AvgIpc) is 3.23. The lowest BCUT2D eigenvalue weighted by Crippen LogP contribution is -2.53. The van der Waals surface area contributed by atoms with Crippen molar-refractivity contribution in [1.82, 2.24) is 4.90 Å². The van der Waals surface area contributed by atoms with Crippen LogP contribution in [0.4, 0.5) is 0 Å². The number of rotatable bonds is 4. The van der Waals surface area contributed by atoms with Gasteiger partial charge in [-0.15, -0.1) is 0 Å². The second kappa shape index (κ2) is 7.00. The maximum Gasteiger partial charge on any atom is 0.191 e. The van der Waals surface area contributed by atoms with Crippen LogP contribution in [0.5, 0.6) is 0 Å². The molecule has 0 aromatic carbocycles. The molecule has 0 bridgehead atoms. The fourth-order valence-corrected chi connectivity index (χ4v) is 6.63. The maximum absolute atomic E-state index is 11.5. The Morgan fingerprint density at radius 1 is 1.25 bits per heavy atom. The van der Waals surface area contributed by atoms with Gasteiger partial charge in [-0.25, -0.2) is 0 Å². The van der Waals surface area contributed by atoms with E-state index in [9.17, 15) is 5.11 Å². The first-order valence-electron chi connectivity index (χ1n) is 10.9. The topological polar surface area (TPSA) is 68.0 Å². The smallest absolute Gasteiger partial charge is 0.191 e. The van der Waals surface area contributed by atoms with Crippen molar-refractivity contribution >= 4 is 8.80 Å². The molecular formula is C22H42N2O3Si. The number of aliphatic hydroxyl groups excluding tert-OH is 1. The molecular weight excluding hydrogens is 368 g/mol. The lowest BCUT2D eigenvalue weighted by atomic mass is 9.89. The van der Waals surface area contributed by atoms with Crippen LogP contribution in [0.15, 0.2) is 11.5 Å². The minimum absolute atomic E-state index is 0.0108. The summed E-state index contributed by atoms with van der Waals surface area (Å²) < 4.78 is 13.1. The lowest BCUT2D eigenvalue weighted by molar-refractivity contribution is -0.101. The first-order valence-corrected chi connectivity index (χ1v) is 13.5. The van der Waals surface area contributed by atoms with Gasteiger partial charge in [0.2, 0.25) is 0 Å². The van der Waals surface area contributed by atoms with Gasteiger partial charge in [-0.3, -0.25) is 0 Å². The Hall–Kier alpha value is -0.563. The summed E-state index contributed by atoms with van der Waals surface area (Å²) in [7, 11) is -1.06. The van der Waals surface area contributed by atoms with Crippen molar-refractivity contribution in [2.45, 2.75) is 109 Å². The molecule has 0 aromatic heterocycles. The van der Waals surface area contributed by atoms with Crippen LogP contribution in [-0.2, 0) is 9.47 Å². The largest absolute Gasteiger partial charge is 0.473 e. The van der Waals surface area contributed by atoms with Gasteiger partial charge in [-0.05, 0) is 70.2 Å². The third kappa shape index (κ3) is 4.02. The van der Waals surface area contributed by atoms with Gasteiger partial charge < -0.3 is 25.2 Å². The molecule has 5 nitrogen and oxygen atoms in total. The van der Waals surface area contributed by atoms with E-state index in [4.69, 9.17) is 15.2 Å². The van der Waals surface area contributed by atoms with E-state index in [1.807, 2.05) is 0 Å². The van der Waals surface area contributed by atoms with Crippen molar-refractivity contribution in [2.24, 2.45) is 17.6 Å². The number of allylic oxidation sites excluding steroid dienone is 1. The SMILES string of the molecule is C[SiH](CC1OC(C)(C)N2C(OC(C)(C)C)=C3CC3[C@@H](CN)[C@@H](O)[C@@H]12)C(C)(C)C. The van der Waals surface area contributed by atoms with Crippen LogP contribution in [0.2, 0.25) is 17.6 Å². The number of nitrogens with zero attached hydrogens (tertiary/aromatic N) is 1. The number of ether oxygens (including phenoxy) is 2. The van der Waals surface area contributed by atoms with E-state index < -0.39 is 20.6 Å². The van der Waals surface area contributed by atoms with Crippen LogP contribution in [0.25, 0.3) is 0 Å². The van der Waals surface area contributed by atoms with E-state index in [-0.39, 0.29) is 23.7 Å². The summed E-state index contributed by atoms with van der Waals surface area (Å²) in [5.74, 6) is 1.36. The highest BCUT2D eigenvalue weighted by Crippen LogP contribution is 2.55. The van der Waals surface area contributed by atoms with Crippen molar-refractivity contribution in [3.8, 4) is 0 Å². The second-order valence-electron chi connectivity index (χ2n) is 11.7. The average molecular weight is 411 g/mol. The van der Waals surface area contributed by atoms with Crippen molar-refractivity contribution < 1.29 is 14.6 Å². The van der Waals surface area contributed by atoms with Crippen molar-refractivity contribution in [3.63, 3.8) is 0 Å². The molecule has 28 heavy (non-hydrogen) atoms. The number of hydrogen-bond acceptors (Lipinski definition) is 5. The molecule has 162 valence electrons. The Labute approximate surface area is 173 Å². The van der Waals surface area contributed by atoms with Gasteiger partial charge in [0.25, 0.3) is 0 Å². The summed E-state index contributed by atoms with van der Waals surface area (Å²) in [5, 5.41) is 11.8. The summed E-state index contributed by atoms with van der Waals surface area (Å²) in [6, 6.07) is 0.948. The zero-order chi connectivity index (χ0) is 21.2. The zero-order valence-electron chi connectivity index (χ0n) is 19.4. The molecule has 1 saturated heterocycles. The number of aliphatic hydroxyl groups is 1. The molecule has 0 radical (unpaired) electrons. The van der Waals surface area contributed by atoms with Crippen LogP contribution in [0.1, 0.15) is 61.8 Å². The fourth-order valence-electron chi connectivity index (χ4n) is 4.85. The Kier molecular flexibility index (Phi) is 5.53. The fraction of sp³-hybridized carbons (Fsp3) is 0.909. The Morgan fingerprint density at radius 2 is 1.86 bits per heavy atom. The highest BCUT2D eigenvalue weighted by molar-refractivity contribution is 6.60. The molecule has 3 aliphatic rings. The second-order valence-corrected chi connectivity index (χ2v) is 15.7. The van der Waals surface area contributed by atoms with Crippen molar-refractivity contribution in [1.29, 1.82) is 0 Å². The van der Waals surface area contributed by atoms with Crippen LogP contribution in [-0.4, -0.2) is 54.9 Å². The molecule has 2 fully saturated rings. The molecule has 6 heteroatoms. The number of hydrogen-bond donors (Lipinski definition) is 2. The standard InChI is InChI=1S/C22H42N2O3Si/c1-20(2,3)27-19-14-10-13(14)15(11-23)18(25)17-16(12-28(9)21(4,5)6)26-22(7,8)24(17)19/h13,15-18,25,28H,10-12,23H2,1-9H3/t13?,15-,16?,17-,18-,28?/m1/s1. The molecule has 1 aliphatic carbocycles. The molecule has 0 spiro atoms. The lowest BCUT2D eigenvalue weighted by Gasteiger charge is -2.41. The Balaban J connectivity index is 2.01. The monoisotopic (exact) mass is 410 g/mol. The van der Waals surface area contributed by atoms with E-state index in [0.717, 1.165) is 18.3 Å². The molecule has 0 amide bonds. The summed E-state index contributed by atoms with van der Waals surface area (Å²) in [5.41, 5.74) is 6.65. The van der Waals surface area contributed by atoms with E-state index >= 15 is 0 Å². The minimum atomic E-state index is -1.06. The van der Waals surface area contributed by atoms with Crippen LogP contribution >= 0.6 is 0 Å². The van der Waals surface area contributed by atoms with Crippen LogP contribution in [0.3, 0.4) is 0 Å². The van der Waals surface area contributed by atoms with Gasteiger partial charge in [0.15, 0.2) is 5.88 Å². The predicted octanol–water partition coefficient (Wildman–Crippen LogP) is 3.44. The van der Waals surface area contributed by atoms with Gasteiger partial charge in [0.05, 0.1) is 18.2 Å². The predicted molar refractivity (Wildman–Crippen MR) is 117 cm³/mol. The summed E-state index contributed by atoms with van der Waals surface area (Å²) in [4.78, 5) is 2.27. The zero-order valence-corrected chi connectivity index (χ0v) is 20.5. The van der Waals surface area contributed by atoms with Crippen molar-refractivity contribution in [2.75, 3.05) is 6.54 Å². The molecule has 2 aliphatic heterocycles. The van der Waals surface area contributed by atoms with Gasteiger partial charge in [0, 0.05) is 14.7 Å². The third-order valence-electron chi connectivity index (χ3n) is 6.96. The first kappa shape index (κ1) is 22.1. The molecule has 6 atom stereocenters. The molecule has 3 N–H and O–H groups in total. The number of fused-ring (bicyclic) bond motifs is 2. The maximum atomic E-state index is 11.5. The van der Waals surface area contributed by atoms with Gasteiger partial charge in [-0.1, -0.05) is 27.3 Å². The minimum Gasteiger partial charge on any atom is -0.473 e. The highest BCUT2D eigenvalue weighted by Gasteiger charge is 2.60. The van der Waals surface area contributed by atoms with Gasteiger partial charge in [0.1, 0.15) is 11.3 Å². The molecule has 1 saturated carbocycles. The molecule has 3 unspecified atom stereocenters. The van der Waals surface area contributed by atoms with Gasteiger partial charge >= 0.3 is 0 Å². The Morgan fingerprint density at radius 3 is 2.36 bits per heavy atom. The summed E-state index contributed by atoms with van der Waals surface area (Å²) in [6.07, 6.45) is 0.486. The van der Waals surface area contributed by atoms with Crippen LogP contribution in [0, 0.1) is 11.8 Å². The first-order chi connectivity index (χ1) is 12.7. The quantitative estimate of drug-likeness (QED) is 0.695. The molecule has 2 heterocycles. The third-order valence-corrected chi connectivity index (χ3v) is 11.1. The molecule has 3 rings (SSSR count). The van der Waals surface area contributed by atoms with E-state index in [1.165, 1.54) is 5.57 Å². The van der Waals surface area contributed by atoms with Crippen molar-refractivity contribution in [3.05, 3.63) is 11.5 Å². The van der Waals surface area contributed by atoms with Crippen LogP contribution < -0.4 is 5.73 Å². The van der Waals surface area contributed by atoms with E-state index in [1.54, 1.807) is 0 Å². The Bertz CT molecular complexity index is 635. The number of nitrogens with two attached hydrogens (primary N) is 1. The molecule has 0 aromatic rings. The van der Waals surface area contributed by atoms with E-state index in [2.05, 4.69) is 66.8 Å². The van der Waals surface area contributed by atoms with E-state index in [0.29, 0.717) is 17.5 Å². The highest BCUT2D eigenvalue weighted by atomic mass is 28.3. The summed E-state index contributed by atoms with van der Waals surface area (Å²) >= 11 is 0. The van der Waals surface area contributed by atoms with Gasteiger partial charge in [-0.2, -0.15) is 0 Å². The normalized spacial score (nSPS) is 36.0.